The van der Waals surface area contributed by atoms with Gasteiger partial charge in [0, 0.05) is 0 Å². The lowest BCUT2D eigenvalue weighted by atomic mass is 10.0. The van der Waals surface area contributed by atoms with Crippen molar-refractivity contribution in [1.29, 1.82) is 0 Å². The summed E-state index contributed by atoms with van der Waals surface area (Å²) in [4.78, 5) is 35.9. The number of carbonyl (C=O) groups is 3. The molecule has 0 aliphatic carbocycles. The van der Waals surface area contributed by atoms with Crippen LogP contribution in [0.4, 0.5) is 9.18 Å². The van der Waals surface area contributed by atoms with Gasteiger partial charge in [0.1, 0.15) is 19.3 Å². The lowest BCUT2D eigenvalue weighted by molar-refractivity contribution is -0.129. The largest absolute Gasteiger partial charge is 0.445 e. The number of rotatable bonds is 10. The smallest absolute Gasteiger partial charge is 0.408 e. The molecule has 2 N–H and O–H groups in total. The summed E-state index contributed by atoms with van der Waals surface area (Å²) in [7, 11) is 0. The zero-order chi connectivity index (χ0) is 19.5. The highest BCUT2D eigenvalue weighted by Crippen LogP contribution is 2.07. The Labute approximate surface area is 153 Å². The Morgan fingerprint density at radius 3 is 2.27 bits per heavy atom. The van der Waals surface area contributed by atoms with Gasteiger partial charge in [0.15, 0.2) is 5.78 Å². The summed E-state index contributed by atoms with van der Waals surface area (Å²) in [5, 5.41) is 5.03. The van der Waals surface area contributed by atoms with Gasteiger partial charge in [-0.05, 0) is 24.3 Å². The topological polar surface area (TPSA) is 84.5 Å². The SMILES string of the molecule is CC[C@@H](NC(=O)[C@H](CC(C)C)NC(=O)OCc1ccccc1)C(=O)CF. The van der Waals surface area contributed by atoms with Gasteiger partial charge >= 0.3 is 6.09 Å². The molecule has 0 aliphatic rings. The zero-order valence-electron chi connectivity index (χ0n) is 15.5. The number of halogens is 1. The highest BCUT2D eigenvalue weighted by Gasteiger charge is 2.26. The fraction of sp³-hybridized carbons (Fsp3) is 0.526. The van der Waals surface area contributed by atoms with Crippen LogP contribution in [0.3, 0.4) is 0 Å². The minimum absolute atomic E-state index is 0.0839. The van der Waals surface area contributed by atoms with E-state index < -0.39 is 36.5 Å². The Hall–Kier alpha value is -2.44. The highest BCUT2D eigenvalue weighted by atomic mass is 19.1. The molecule has 0 spiro atoms. The average molecular weight is 366 g/mol. The zero-order valence-corrected chi connectivity index (χ0v) is 15.5. The van der Waals surface area contributed by atoms with Crippen molar-refractivity contribution in [3.8, 4) is 0 Å². The van der Waals surface area contributed by atoms with Crippen LogP contribution in [-0.4, -0.2) is 36.5 Å². The summed E-state index contributed by atoms with van der Waals surface area (Å²) in [6.45, 7) is 4.43. The summed E-state index contributed by atoms with van der Waals surface area (Å²) in [5.74, 6) is -1.09. The van der Waals surface area contributed by atoms with Crippen LogP contribution in [-0.2, 0) is 20.9 Å². The molecule has 0 bridgehead atoms. The molecule has 1 aromatic rings. The van der Waals surface area contributed by atoms with E-state index in [1.165, 1.54) is 0 Å². The molecule has 6 nitrogen and oxygen atoms in total. The van der Waals surface area contributed by atoms with Crippen molar-refractivity contribution in [3.63, 3.8) is 0 Å². The number of carbonyl (C=O) groups excluding carboxylic acids is 3. The van der Waals surface area contributed by atoms with Crippen molar-refractivity contribution in [1.82, 2.24) is 10.6 Å². The number of Topliss-reactive ketones (excluding diaryl/α,β-unsaturated/α-hetero) is 1. The molecule has 144 valence electrons. The second-order valence-corrected chi connectivity index (χ2v) is 6.46. The number of hydrogen-bond acceptors (Lipinski definition) is 4. The molecule has 26 heavy (non-hydrogen) atoms. The Morgan fingerprint density at radius 2 is 1.73 bits per heavy atom. The molecule has 0 saturated heterocycles. The highest BCUT2D eigenvalue weighted by molar-refractivity contribution is 5.92. The molecule has 2 amide bonds. The number of nitrogens with one attached hydrogen (secondary N) is 2. The summed E-state index contributed by atoms with van der Waals surface area (Å²) >= 11 is 0. The molecule has 0 saturated carbocycles. The monoisotopic (exact) mass is 366 g/mol. The first-order valence-corrected chi connectivity index (χ1v) is 8.73. The van der Waals surface area contributed by atoms with E-state index in [2.05, 4.69) is 10.6 Å². The molecule has 0 heterocycles. The van der Waals surface area contributed by atoms with Crippen LogP contribution >= 0.6 is 0 Å². The van der Waals surface area contributed by atoms with E-state index in [4.69, 9.17) is 4.74 Å². The van der Waals surface area contributed by atoms with E-state index in [-0.39, 0.29) is 18.9 Å². The van der Waals surface area contributed by atoms with Gasteiger partial charge in [-0.25, -0.2) is 9.18 Å². The van der Waals surface area contributed by atoms with Gasteiger partial charge in [0.25, 0.3) is 0 Å². The number of ketones is 1. The van der Waals surface area contributed by atoms with Gasteiger partial charge in [-0.2, -0.15) is 0 Å². The van der Waals surface area contributed by atoms with Crippen LogP contribution in [0.15, 0.2) is 30.3 Å². The van der Waals surface area contributed by atoms with Crippen molar-refractivity contribution in [2.75, 3.05) is 6.67 Å². The van der Waals surface area contributed by atoms with Gasteiger partial charge in [0.2, 0.25) is 5.91 Å². The fourth-order valence-corrected chi connectivity index (χ4v) is 2.39. The summed E-state index contributed by atoms with van der Waals surface area (Å²) < 4.78 is 17.7. The number of alkyl halides is 1. The third-order valence-corrected chi connectivity index (χ3v) is 3.77. The van der Waals surface area contributed by atoms with Gasteiger partial charge in [0.05, 0.1) is 6.04 Å². The lowest BCUT2D eigenvalue weighted by Crippen LogP contribution is -2.52. The Morgan fingerprint density at radius 1 is 1.08 bits per heavy atom. The minimum atomic E-state index is -1.14. The van der Waals surface area contributed by atoms with E-state index in [1.54, 1.807) is 6.92 Å². The Balaban J connectivity index is 2.65. The van der Waals surface area contributed by atoms with Crippen molar-refractivity contribution < 1.29 is 23.5 Å². The van der Waals surface area contributed by atoms with Crippen LogP contribution < -0.4 is 10.6 Å². The number of benzene rings is 1. The molecule has 1 rings (SSSR count). The molecular weight excluding hydrogens is 339 g/mol. The quantitative estimate of drug-likeness (QED) is 0.667. The van der Waals surface area contributed by atoms with Gasteiger partial charge in [-0.15, -0.1) is 0 Å². The Bertz CT molecular complexity index is 592. The van der Waals surface area contributed by atoms with Crippen molar-refractivity contribution in [2.45, 2.75) is 52.3 Å². The van der Waals surface area contributed by atoms with E-state index >= 15 is 0 Å². The number of ether oxygens (including phenoxy) is 1. The Kier molecular flexibility index (Phi) is 9.33. The van der Waals surface area contributed by atoms with Crippen molar-refractivity contribution in [2.24, 2.45) is 5.92 Å². The number of hydrogen-bond donors (Lipinski definition) is 2. The maximum absolute atomic E-state index is 12.6. The predicted octanol–water partition coefficient (Wildman–Crippen LogP) is 2.76. The van der Waals surface area contributed by atoms with Gasteiger partial charge < -0.3 is 15.4 Å². The summed E-state index contributed by atoms with van der Waals surface area (Å²) in [6, 6.07) is 7.40. The average Bonchev–Trinajstić information content (AvgIpc) is 2.63. The molecule has 0 aliphatic heterocycles. The van der Waals surface area contributed by atoms with Crippen LogP contribution in [0.2, 0.25) is 0 Å². The maximum atomic E-state index is 12.6. The third kappa shape index (κ3) is 7.63. The molecule has 7 heteroatoms. The van der Waals surface area contributed by atoms with Crippen molar-refractivity contribution in [3.05, 3.63) is 35.9 Å². The van der Waals surface area contributed by atoms with Gasteiger partial charge in [-0.3, -0.25) is 9.59 Å². The molecule has 0 aromatic heterocycles. The molecular formula is C19H27FN2O4. The first kappa shape index (κ1) is 21.6. The predicted molar refractivity (Wildman–Crippen MR) is 96.2 cm³/mol. The van der Waals surface area contributed by atoms with Gasteiger partial charge in [-0.1, -0.05) is 51.1 Å². The summed E-state index contributed by atoms with van der Waals surface area (Å²) in [5.41, 5.74) is 0.826. The van der Waals surface area contributed by atoms with E-state index in [9.17, 15) is 18.8 Å². The van der Waals surface area contributed by atoms with E-state index in [0.29, 0.717) is 6.42 Å². The van der Waals surface area contributed by atoms with Crippen LogP contribution in [0.25, 0.3) is 0 Å². The third-order valence-electron chi connectivity index (χ3n) is 3.77. The first-order valence-electron chi connectivity index (χ1n) is 8.73. The minimum Gasteiger partial charge on any atom is -0.445 e. The molecule has 0 unspecified atom stereocenters. The molecule has 2 atom stereocenters. The molecule has 0 radical (unpaired) electrons. The fourth-order valence-electron chi connectivity index (χ4n) is 2.39. The normalized spacial score (nSPS) is 13.0. The van der Waals surface area contributed by atoms with Crippen molar-refractivity contribution >= 4 is 17.8 Å². The van der Waals surface area contributed by atoms with E-state index in [1.807, 2.05) is 44.2 Å². The van der Waals surface area contributed by atoms with Crippen LogP contribution in [0.1, 0.15) is 39.2 Å². The molecule has 0 fully saturated rings. The first-order chi connectivity index (χ1) is 12.4. The molecule has 1 aromatic carbocycles. The summed E-state index contributed by atoms with van der Waals surface area (Å²) in [6.07, 6.45) is -0.0760. The number of alkyl carbamates (subject to hydrolysis) is 1. The lowest BCUT2D eigenvalue weighted by Gasteiger charge is -2.22. The van der Waals surface area contributed by atoms with Crippen LogP contribution in [0.5, 0.6) is 0 Å². The number of amides is 2. The van der Waals surface area contributed by atoms with E-state index in [0.717, 1.165) is 5.56 Å². The standard InChI is InChI=1S/C19H27FN2O4/c1-4-15(17(23)11-20)21-18(24)16(10-13(2)3)22-19(25)26-12-14-8-6-5-7-9-14/h5-9,13,15-16H,4,10-12H2,1-3H3,(H,21,24)(H,22,25)/t15-,16+/m1/s1. The second kappa shape index (κ2) is 11.2. The maximum Gasteiger partial charge on any atom is 0.408 e. The van der Waals surface area contributed by atoms with Crippen LogP contribution in [0, 0.1) is 5.92 Å². The second-order valence-electron chi connectivity index (χ2n) is 6.46.